The van der Waals surface area contributed by atoms with E-state index in [1.54, 1.807) is 25.3 Å². The normalized spacial score (nSPS) is 10.7. The molecule has 2 rings (SSSR count). The number of thioether (sulfide) groups is 1. The van der Waals surface area contributed by atoms with Gasteiger partial charge in [0.15, 0.2) is 0 Å². The number of benzene rings is 2. The molecule has 4 nitrogen and oxygen atoms in total. The van der Waals surface area contributed by atoms with E-state index in [1.165, 1.54) is 18.0 Å². The smallest absolute Gasteiger partial charge is 0.250 e. The quantitative estimate of drug-likeness (QED) is 0.471. The van der Waals surface area contributed by atoms with E-state index in [-0.39, 0.29) is 11.7 Å². The predicted octanol–water partition coefficient (Wildman–Crippen LogP) is 4.24. The highest BCUT2D eigenvalue weighted by molar-refractivity contribution is 8.00. The summed E-state index contributed by atoms with van der Waals surface area (Å²) in [5, 5.41) is 4.81. The number of carbonyl (C=O) groups is 1. The Morgan fingerprint density at radius 2 is 1.96 bits per heavy atom. The van der Waals surface area contributed by atoms with Crippen molar-refractivity contribution >= 4 is 47.1 Å². The van der Waals surface area contributed by atoms with Crippen LogP contribution >= 0.6 is 35.0 Å². The molecule has 120 valence electrons. The number of hydrazone groups is 1. The Balaban J connectivity index is 1.79. The van der Waals surface area contributed by atoms with Crippen LogP contribution in [-0.4, -0.2) is 25.0 Å². The summed E-state index contributed by atoms with van der Waals surface area (Å²) in [5.74, 6) is 0.859. The lowest BCUT2D eigenvalue weighted by atomic mass is 10.2. The standard InChI is InChI=1S/C16H14Cl2N2O2S/c1-22-12-3-5-13(6-4-12)23-10-16(21)20-19-9-11-2-7-14(17)15(18)8-11/h2-9H,10H2,1H3,(H,20,21). The summed E-state index contributed by atoms with van der Waals surface area (Å²) in [4.78, 5) is 12.7. The Bertz CT molecular complexity index is 706. The summed E-state index contributed by atoms with van der Waals surface area (Å²) in [6.07, 6.45) is 1.51. The summed E-state index contributed by atoms with van der Waals surface area (Å²) in [6, 6.07) is 12.6. The molecule has 0 aliphatic rings. The molecule has 0 unspecified atom stereocenters. The van der Waals surface area contributed by atoms with Crippen molar-refractivity contribution in [1.82, 2.24) is 5.43 Å². The first-order valence-corrected chi connectivity index (χ1v) is 8.36. The van der Waals surface area contributed by atoms with Gasteiger partial charge in [-0.25, -0.2) is 5.43 Å². The molecule has 0 saturated heterocycles. The highest BCUT2D eigenvalue weighted by Gasteiger charge is 2.02. The van der Waals surface area contributed by atoms with Crippen molar-refractivity contribution in [3.05, 3.63) is 58.1 Å². The van der Waals surface area contributed by atoms with E-state index in [2.05, 4.69) is 10.5 Å². The first kappa shape index (κ1) is 17.7. The fraction of sp³-hybridized carbons (Fsp3) is 0.125. The minimum Gasteiger partial charge on any atom is -0.497 e. The first-order chi connectivity index (χ1) is 11.1. The Morgan fingerprint density at radius 3 is 2.61 bits per heavy atom. The van der Waals surface area contributed by atoms with Crippen LogP contribution < -0.4 is 10.2 Å². The monoisotopic (exact) mass is 368 g/mol. The van der Waals surface area contributed by atoms with E-state index in [9.17, 15) is 4.79 Å². The fourth-order valence-electron chi connectivity index (χ4n) is 1.62. The largest absolute Gasteiger partial charge is 0.497 e. The topological polar surface area (TPSA) is 50.7 Å². The molecule has 1 N–H and O–H groups in total. The third-order valence-corrected chi connectivity index (χ3v) is 4.53. The number of methoxy groups -OCH3 is 1. The van der Waals surface area contributed by atoms with Crippen LogP contribution in [-0.2, 0) is 4.79 Å². The van der Waals surface area contributed by atoms with Crippen LogP contribution in [0.2, 0.25) is 10.0 Å². The molecule has 0 atom stereocenters. The molecule has 0 aromatic heterocycles. The second kappa shape index (κ2) is 8.82. The molecule has 2 aromatic carbocycles. The van der Waals surface area contributed by atoms with Gasteiger partial charge in [-0.15, -0.1) is 11.8 Å². The maximum Gasteiger partial charge on any atom is 0.250 e. The average molecular weight is 369 g/mol. The van der Waals surface area contributed by atoms with Gasteiger partial charge in [0, 0.05) is 4.90 Å². The van der Waals surface area contributed by atoms with Crippen molar-refractivity contribution in [2.75, 3.05) is 12.9 Å². The minimum absolute atomic E-state index is 0.192. The van der Waals surface area contributed by atoms with Gasteiger partial charge in [0.1, 0.15) is 5.75 Å². The van der Waals surface area contributed by atoms with Crippen molar-refractivity contribution < 1.29 is 9.53 Å². The molecule has 0 spiro atoms. The highest BCUT2D eigenvalue weighted by Crippen LogP contribution is 2.22. The van der Waals surface area contributed by atoms with Crippen molar-refractivity contribution in [2.24, 2.45) is 5.10 Å². The van der Waals surface area contributed by atoms with Crippen molar-refractivity contribution in [1.29, 1.82) is 0 Å². The number of carbonyl (C=O) groups excluding carboxylic acids is 1. The van der Waals surface area contributed by atoms with Gasteiger partial charge >= 0.3 is 0 Å². The van der Waals surface area contributed by atoms with Gasteiger partial charge in [-0.1, -0.05) is 29.3 Å². The second-order valence-corrected chi connectivity index (χ2v) is 6.29. The van der Waals surface area contributed by atoms with Gasteiger partial charge in [-0.2, -0.15) is 5.10 Å². The van der Waals surface area contributed by atoms with E-state index in [1.807, 2.05) is 24.3 Å². The maximum atomic E-state index is 11.7. The molecule has 0 heterocycles. The average Bonchev–Trinajstić information content (AvgIpc) is 2.56. The van der Waals surface area contributed by atoms with E-state index < -0.39 is 0 Å². The van der Waals surface area contributed by atoms with Crippen LogP contribution in [0.25, 0.3) is 0 Å². The summed E-state index contributed by atoms with van der Waals surface area (Å²) in [5.41, 5.74) is 3.22. The predicted molar refractivity (Wildman–Crippen MR) is 95.9 cm³/mol. The molecule has 0 aliphatic carbocycles. The van der Waals surface area contributed by atoms with Crippen molar-refractivity contribution in [3.8, 4) is 5.75 Å². The summed E-state index contributed by atoms with van der Waals surface area (Å²) in [6.45, 7) is 0. The maximum absolute atomic E-state index is 11.7. The summed E-state index contributed by atoms with van der Waals surface area (Å²) < 4.78 is 5.08. The Labute approximate surface area is 148 Å². The zero-order chi connectivity index (χ0) is 16.7. The second-order valence-electron chi connectivity index (χ2n) is 4.43. The van der Waals surface area contributed by atoms with Crippen LogP contribution in [0.3, 0.4) is 0 Å². The lowest BCUT2D eigenvalue weighted by Gasteiger charge is -2.03. The number of amides is 1. The van der Waals surface area contributed by atoms with E-state index in [0.29, 0.717) is 10.0 Å². The number of halogens is 2. The molecular formula is C16H14Cl2N2O2S. The number of nitrogens with zero attached hydrogens (tertiary/aromatic N) is 1. The van der Waals surface area contributed by atoms with Crippen LogP contribution in [0, 0.1) is 0 Å². The molecule has 0 saturated carbocycles. The SMILES string of the molecule is COc1ccc(SCC(=O)NN=Cc2ccc(Cl)c(Cl)c2)cc1. The van der Waals surface area contributed by atoms with E-state index in [4.69, 9.17) is 27.9 Å². The Morgan fingerprint density at radius 1 is 1.22 bits per heavy atom. The summed E-state index contributed by atoms with van der Waals surface area (Å²) >= 11 is 13.1. The fourth-order valence-corrected chi connectivity index (χ4v) is 2.62. The van der Waals surface area contributed by atoms with E-state index in [0.717, 1.165) is 16.2 Å². The lowest BCUT2D eigenvalue weighted by Crippen LogP contribution is -2.19. The molecular weight excluding hydrogens is 355 g/mol. The number of hydrogen-bond donors (Lipinski definition) is 1. The number of rotatable bonds is 6. The third kappa shape index (κ3) is 5.78. The van der Waals surface area contributed by atoms with Gasteiger partial charge in [-0.05, 0) is 42.0 Å². The van der Waals surface area contributed by atoms with Gasteiger partial charge in [-0.3, -0.25) is 4.79 Å². The van der Waals surface area contributed by atoms with Crippen LogP contribution in [0.5, 0.6) is 5.75 Å². The summed E-state index contributed by atoms with van der Waals surface area (Å²) in [7, 11) is 1.61. The first-order valence-electron chi connectivity index (χ1n) is 6.62. The molecule has 23 heavy (non-hydrogen) atoms. The molecule has 0 aliphatic heterocycles. The van der Waals surface area contributed by atoms with Gasteiger partial charge in [0.25, 0.3) is 0 Å². The van der Waals surface area contributed by atoms with Crippen LogP contribution in [0.1, 0.15) is 5.56 Å². The molecule has 0 bridgehead atoms. The zero-order valence-electron chi connectivity index (χ0n) is 12.3. The number of ether oxygens (including phenoxy) is 1. The Hall–Kier alpha value is -1.69. The minimum atomic E-state index is -0.192. The van der Waals surface area contributed by atoms with Crippen LogP contribution in [0.15, 0.2) is 52.5 Å². The van der Waals surface area contributed by atoms with Crippen molar-refractivity contribution in [3.63, 3.8) is 0 Å². The number of nitrogens with one attached hydrogen (secondary N) is 1. The zero-order valence-corrected chi connectivity index (χ0v) is 14.6. The molecule has 7 heteroatoms. The molecule has 0 radical (unpaired) electrons. The highest BCUT2D eigenvalue weighted by atomic mass is 35.5. The van der Waals surface area contributed by atoms with Crippen LogP contribution in [0.4, 0.5) is 0 Å². The third-order valence-electron chi connectivity index (χ3n) is 2.78. The molecule has 0 fully saturated rings. The van der Waals surface area contributed by atoms with E-state index >= 15 is 0 Å². The Kier molecular flexibility index (Phi) is 6.77. The van der Waals surface area contributed by atoms with Gasteiger partial charge in [0.2, 0.25) is 5.91 Å². The molecule has 1 amide bonds. The lowest BCUT2D eigenvalue weighted by molar-refractivity contribution is -0.118. The number of hydrogen-bond acceptors (Lipinski definition) is 4. The molecule has 2 aromatic rings. The van der Waals surface area contributed by atoms with Crippen molar-refractivity contribution in [2.45, 2.75) is 4.90 Å². The van der Waals surface area contributed by atoms with Gasteiger partial charge in [0.05, 0.1) is 29.1 Å². The van der Waals surface area contributed by atoms with Gasteiger partial charge < -0.3 is 4.74 Å².